The Kier molecular flexibility index (Phi) is 14.2. The Morgan fingerprint density at radius 3 is 2.20 bits per heavy atom. The fourth-order valence-electron chi connectivity index (χ4n) is 7.79. The number of fused-ring (bicyclic) bond motifs is 1. The lowest BCUT2D eigenvalue weighted by Crippen LogP contribution is -2.62. The number of hydrogen-bond acceptors (Lipinski definition) is 9. The van der Waals surface area contributed by atoms with Crippen molar-refractivity contribution in [3.05, 3.63) is 41.7 Å². The highest BCUT2D eigenvalue weighted by Crippen LogP contribution is 2.43. The fraction of sp³-hybridized carbons (Fsp3) is 0.683. The van der Waals surface area contributed by atoms with Crippen LogP contribution in [0.1, 0.15) is 119 Å². The van der Waals surface area contributed by atoms with Crippen LogP contribution in [0.15, 0.2) is 30.3 Å². The van der Waals surface area contributed by atoms with E-state index in [9.17, 15) is 28.8 Å². The number of tetrazole rings is 1. The molecule has 6 atom stereocenters. The molecule has 0 radical (unpaired) electrons. The topological polar surface area (TPSA) is 197 Å². The first kappa shape index (κ1) is 44.0. The van der Waals surface area contributed by atoms with Gasteiger partial charge in [0.2, 0.25) is 29.4 Å². The molecule has 5 amide bonds. The minimum atomic E-state index is -1.04. The first-order chi connectivity index (χ1) is 25.9. The average molecular weight is 778 g/mol. The highest BCUT2D eigenvalue weighted by Gasteiger charge is 2.52. The van der Waals surface area contributed by atoms with Crippen molar-refractivity contribution < 1.29 is 28.8 Å². The molecule has 5 rings (SSSR count). The molecule has 1 aromatic heterocycles. The molecule has 15 heteroatoms. The minimum Gasteiger partial charge on any atom is -0.347 e. The second-order valence-corrected chi connectivity index (χ2v) is 17.4. The van der Waals surface area contributed by atoms with Gasteiger partial charge >= 0.3 is 0 Å². The van der Waals surface area contributed by atoms with Gasteiger partial charge in [0.1, 0.15) is 23.7 Å². The van der Waals surface area contributed by atoms with Gasteiger partial charge in [-0.2, -0.15) is 4.80 Å². The number of amides is 5. The van der Waals surface area contributed by atoms with Crippen LogP contribution in [-0.2, 0) is 40.7 Å². The van der Waals surface area contributed by atoms with E-state index in [2.05, 4.69) is 36.7 Å². The predicted molar refractivity (Wildman–Crippen MR) is 211 cm³/mol. The predicted octanol–water partition coefficient (Wildman–Crippen LogP) is 3.07. The number of nitrogens with zero attached hydrogens (tertiary/aromatic N) is 5. The Balaban J connectivity index is 0.00000696. The van der Waals surface area contributed by atoms with E-state index < -0.39 is 70.4 Å². The van der Waals surface area contributed by atoms with Gasteiger partial charge in [-0.3, -0.25) is 28.8 Å². The summed E-state index contributed by atoms with van der Waals surface area (Å²) in [4.78, 5) is 84.8. The zero-order chi connectivity index (χ0) is 40.2. The number of carbonyl (C=O) groups is 6. The van der Waals surface area contributed by atoms with Gasteiger partial charge < -0.3 is 26.2 Å². The maximum Gasteiger partial charge on any atom is 0.289 e. The molecule has 2 saturated carbocycles. The van der Waals surface area contributed by atoms with E-state index in [-0.39, 0.29) is 43.5 Å². The van der Waals surface area contributed by atoms with Crippen LogP contribution in [0.25, 0.3) is 0 Å². The standard InChI is InChI=1S/C40H59N9O6.CH4/c1-9-14-28(33(51)37(54)41-26-19-20-26)42-36(53)32-27-18-13-15-24(27)22-48(32)38(55)34(39(4,5)6)44-35(52)31(23(2)3)43-30(50)21-29-45-47-49(46-29)40(7,8)25-16-11-10-12-17-25;/h10-12,16-17,23-24,26-28,31-32,34H,9,13-15,18-22H2,1-8H3,(H,41,54)(H,42,53)(H,43,50)(H,44,52);1H4/t24-,27-,28?,31-,32-,34-;/m0./s1. The van der Waals surface area contributed by atoms with Gasteiger partial charge in [-0.1, -0.05) is 92.1 Å². The number of rotatable bonds is 16. The molecule has 2 aliphatic carbocycles. The van der Waals surface area contributed by atoms with Crippen molar-refractivity contribution >= 4 is 35.3 Å². The SMILES string of the molecule is C.CCCC(NC(=O)[C@@H]1[C@H]2CCC[C@H]2CN1C(=O)[C@H](NC(=O)[C@@H](NC(=O)Cc1nnn(C(C)(C)c2ccccc2)n1)C(C)C)C(C)(C)C)C(=O)C(=O)NC1CC1. The second kappa shape index (κ2) is 18.1. The van der Waals surface area contributed by atoms with Crippen LogP contribution in [0.5, 0.6) is 0 Å². The van der Waals surface area contributed by atoms with Gasteiger partial charge in [0.15, 0.2) is 5.82 Å². The normalized spacial score (nSPS) is 20.9. The molecule has 4 N–H and O–H groups in total. The lowest BCUT2D eigenvalue weighted by molar-refractivity contribution is -0.146. The van der Waals surface area contributed by atoms with E-state index in [1.807, 2.05) is 71.9 Å². The number of nitrogens with one attached hydrogen (secondary N) is 4. The summed E-state index contributed by atoms with van der Waals surface area (Å²) in [6, 6.07) is 5.83. The summed E-state index contributed by atoms with van der Waals surface area (Å²) < 4.78 is 0. The lowest BCUT2D eigenvalue weighted by atomic mass is 9.85. The summed E-state index contributed by atoms with van der Waals surface area (Å²) in [5, 5.41) is 24.1. The smallest absolute Gasteiger partial charge is 0.289 e. The van der Waals surface area contributed by atoms with E-state index in [0.717, 1.165) is 37.7 Å². The van der Waals surface area contributed by atoms with Crippen LogP contribution in [0.3, 0.4) is 0 Å². The zero-order valence-electron chi connectivity index (χ0n) is 33.6. The summed E-state index contributed by atoms with van der Waals surface area (Å²) in [6.45, 7) is 15.2. The molecule has 2 heterocycles. The van der Waals surface area contributed by atoms with E-state index in [1.54, 1.807) is 18.7 Å². The summed E-state index contributed by atoms with van der Waals surface area (Å²) >= 11 is 0. The van der Waals surface area contributed by atoms with Crippen molar-refractivity contribution in [2.24, 2.45) is 23.2 Å². The fourth-order valence-corrected chi connectivity index (χ4v) is 7.79. The molecular formula is C41H63N9O6. The Hall–Kier alpha value is -4.69. The molecule has 0 bridgehead atoms. The quantitative estimate of drug-likeness (QED) is 0.185. The molecule has 2 aromatic rings. The summed E-state index contributed by atoms with van der Waals surface area (Å²) in [5.41, 5.74) is -0.422. The van der Waals surface area contributed by atoms with Gasteiger partial charge in [0.25, 0.3) is 5.91 Å². The maximum atomic E-state index is 14.6. The third kappa shape index (κ3) is 10.2. The number of aromatic nitrogens is 4. The third-order valence-electron chi connectivity index (χ3n) is 11.2. The van der Waals surface area contributed by atoms with Crippen molar-refractivity contribution in [2.45, 2.75) is 150 Å². The first-order valence-corrected chi connectivity index (χ1v) is 19.8. The minimum absolute atomic E-state index is 0. The molecule has 0 spiro atoms. The zero-order valence-corrected chi connectivity index (χ0v) is 33.6. The summed E-state index contributed by atoms with van der Waals surface area (Å²) in [7, 11) is 0. The van der Waals surface area contributed by atoms with Gasteiger partial charge in [-0.15, -0.1) is 10.2 Å². The first-order valence-electron chi connectivity index (χ1n) is 19.8. The van der Waals surface area contributed by atoms with Gasteiger partial charge in [-0.05, 0) is 79.9 Å². The number of ketones is 1. The van der Waals surface area contributed by atoms with E-state index >= 15 is 0 Å². The molecular weight excluding hydrogens is 715 g/mol. The van der Waals surface area contributed by atoms with Gasteiger partial charge in [0, 0.05) is 12.6 Å². The summed E-state index contributed by atoms with van der Waals surface area (Å²) in [5.74, 6) is -3.40. The number of benzene rings is 1. The molecule has 56 heavy (non-hydrogen) atoms. The highest BCUT2D eigenvalue weighted by molar-refractivity contribution is 6.38. The molecule has 3 fully saturated rings. The second-order valence-electron chi connectivity index (χ2n) is 17.4. The number of likely N-dealkylation sites (tertiary alicyclic amines) is 1. The van der Waals surface area contributed by atoms with Crippen LogP contribution in [0, 0.1) is 23.2 Å². The van der Waals surface area contributed by atoms with Crippen LogP contribution in [0.2, 0.25) is 0 Å². The van der Waals surface area contributed by atoms with Crippen LogP contribution in [-0.4, -0.2) is 97.2 Å². The third-order valence-corrected chi connectivity index (χ3v) is 11.2. The molecule has 1 saturated heterocycles. The molecule has 308 valence electrons. The maximum absolute atomic E-state index is 14.6. The Labute approximate surface area is 331 Å². The Morgan fingerprint density at radius 2 is 1.59 bits per heavy atom. The largest absolute Gasteiger partial charge is 0.347 e. The lowest BCUT2D eigenvalue weighted by Gasteiger charge is -2.37. The van der Waals surface area contributed by atoms with Crippen molar-refractivity contribution in [1.82, 2.24) is 46.4 Å². The molecule has 1 unspecified atom stereocenters. The van der Waals surface area contributed by atoms with Crippen LogP contribution >= 0.6 is 0 Å². The van der Waals surface area contributed by atoms with Gasteiger partial charge in [0.05, 0.1) is 12.5 Å². The average Bonchev–Trinajstić information content (AvgIpc) is 3.45. The Morgan fingerprint density at radius 1 is 0.911 bits per heavy atom. The van der Waals surface area contributed by atoms with Crippen LogP contribution in [0.4, 0.5) is 0 Å². The molecule has 1 aromatic carbocycles. The number of Topliss-reactive ketones (excluding diaryl/α,β-unsaturated/α-hetero) is 1. The highest BCUT2D eigenvalue weighted by atomic mass is 16.2. The van der Waals surface area contributed by atoms with Gasteiger partial charge in [-0.25, -0.2) is 0 Å². The van der Waals surface area contributed by atoms with Crippen LogP contribution < -0.4 is 21.3 Å². The van der Waals surface area contributed by atoms with Crippen molar-refractivity contribution in [3.8, 4) is 0 Å². The molecule has 15 nitrogen and oxygen atoms in total. The molecule has 3 aliphatic rings. The number of carbonyl (C=O) groups excluding carboxylic acids is 6. The van der Waals surface area contributed by atoms with Crippen molar-refractivity contribution in [3.63, 3.8) is 0 Å². The van der Waals surface area contributed by atoms with Crippen molar-refractivity contribution in [2.75, 3.05) is 6.54 Å². The summed E-state index contributed by atoms with van der Waals surface area (Å²) in [6.07, 6.45) is 4.85. The van der Waals surface area contributed by atoms with E-state index in [4.69, 9.17) is 0 Å². The Bertz CT molecular complexity index is 1730. The van der Waals surface area contributed by atoms with E-state index in [0.29, 0.717) is 19.4 Å². The monoisotopic (exact) mass is 777 g/mol. The van der Waals surface area contributed by atoms with E-state index in [1.165, 1.54) is 4.80 Å². The van der Waals surface area contributed by atoms with Crippen molar-refractivity contribution in [1.29, 1.82) is 0 Å². The molecule has 1 aliphatic heterocycles. The number of hydrogen-bond donors (Lipinski definition) is 4.